The standard InChI is InChI=1S/C30H42O9/c1-7-9-10-11-20-12-18-13-21(31)25(27(33)35-5)26-24(18)22(38-20)15-30(39-26)17(3)19(16-37-30)14-23(32)29(4,8-2)28(34)36-6/h13,17,19-20,22,31H,7-12,14-16H2,1-6H3/t17-,19+,20+,22-,29+,30-/m1/s1. The quantitative estimate of drug-likeness (QED) is 0.244. The molecule has 0 unspecified atom stereocenters. The molecule has 3 heterocycles. The van der Waals surface area contributed by atoms with Crippen molar-refractivity contribution in [3.8, 4) is 11.5 Å². The van der Waals surface area contributed by atoms with Gasteiger partial charge in [0.2, 0.25) is 5.79 Å². The molecule has 0 bridgehead atoms. The van der Waals surface area contributed by atoms with E-state index in [4.69, 9.17) is 23.7 Å². The van der Waals surface area contributed by atoms with Gasteiger partial charge in [-0.1, -0.05) is 40.0 Å². The Morgan fingerprint density at radius 1 is 1.18 bits per heavy atom. The third-order valence-corrected chi connectivity index (χ3v) is 9.12. The smallest absolute Gasteiger partial charge is 0.345 e. The molecule has 4 rings (SSSR count). The third kappa shape index (κ3) is 5.15. The minimum atomic E-state index is -1.23. The van der Waals surface area contributed by atoms with Gasteiger partial charge >= 0.3 is 11.9 Å². The summed E-state index contributed by atoms with van der Waals surface area (Å²) in [5, 5.41) is 10.9. The first kappa shape index (κ1) is 29.3. The molecule has 1 spiro atoms. The number of benzene rings is 1. The number of aromatic hydroxyl groups is 1. The van der Waals surface area contributed by atoms with Gasteiger partial charge in [-0.15, -0.1) is 0 Å². The number of carbonyl (C=O) groups is 3. The fourth-order valence-electron chi connectivity index (χ4n) is 6.28. The predicted molar refractivity (Wildman–Crippen MR) is 142 cm³/mol. The molecule has 0 amide bonds. The molecular formula is C30H42O9. The Labute approximate surface area is 230 Å². The average molecular weight is 547 g/mol. The summed E-state index contributed by atoms with van der Waals surface area (Å²) in [4.78, 5) is 38.5. The number of phenols is 1. The summed E-state index contributed by atoms with van der Waals surface area (Å²) in [5.74, 6) is -3.09. The van der Waals surface area contributed by atoms with Gasteiger partial charge in [-0.25, -0.2) is 4.79 Å². The van der Waals surface area contributed by atoms with Crippen molar-refractivity contribution in [1.29, 1.82) is 0 Å². The van der Waals surface area contributed by atoms with Crippen molar-refractivity contribution in [3.63, 3.8) is 0 Å². The van der Waals surface area contributed by atoms with E-state index in [9.17, 15) is 19.5 Å². The lowest BCUT2D eigenvalue weighted by molar-refractivity contribution is -0.214. The molecular weight excluding hydrogens is 504 g/mol. The van der Waals surface area contributed by atoms with Gasteiger partial charge < -0.3 is 28.8 Å². The van der Waals surface area contributed by atoms with Crippen molar-refractivity contribution in [2.24, 2.45) is 17.3 Å². The van der Waals surface area contributed by atoms with Gasteiger partial charge in [-0.2, -0.15) is 0 Å². The topological polar surface area (TPSA) is 118 Å². The van der Waals surface area contributed by atoms with Crippen molar-refractivity contribution < 1.29 is 43.2 Å². The monoisotopic (exact) mass is 546 g/mol. The van der Waals surface area contributed by atoms with Crippen LogP contribution in [0.2, 0.25) is 0 Å². The van der Waals surface area contributed by atoms with Crippen molar-refractivity contribution in [1.82, 2.24) is 0 Å². The Hall–Kier alpha value is -2.65. The molecule has 1 aromatic rings. The zero-order valence-electron chi connectivity index (χ0n) is 24.0. The molecule has 3 aliphatic rings. The minimum Gasteiger partial charge on any atom is -0.507 e. The minimum absolute atomic E-state index is 0.0279. The van der Waals surface area contributed by atoms with Crippen LogP contribution in [0.25, 0.3) is 0 Å². The van der Waals surface area contributed by atoms with E-state index in [1.165, 1.54) is 14.2 Å². The van der Waals surface area contributed by atoms with Gasteiger partial charge in [-0.05, 0) is 43.7 Å². The number of esters is 2. The maximum absolute atomic E-state index is 13.3. The molecule has 0 aliphatic carbocycles. The highest BCUT2D eigenvalue weighted by molar-refractivity contribution is 6.03. The molecule has 9 heteroatoms. The van der Waals surface area contributed by atoms with E-state index in [1.807, 2.05) is 6.92 Å². The maximum atomic E-state index is 13.3. The zero-order valence-corrected chi connectivity index (χ0v) is 24.0. The highest BCUT2D eigenvalue weighted by Crippen LogP contribution is 2.56. The fraction of sp³-hybridized carbons (Fsp3) is 0.700. The fourth-order valence-corrected chi connectivity index (χ4v) is 6.28. The van der Waals surface area contributed by atoms with Crippen molar-refractivity contribution in [3.05, 3.63) is 22.8 Å². The van der Waals surface area contributed by atoms with E-state index in [1.54, 1.807) is 19.9 Å². The molecule has 3 aliphatic heterocycles. The van der Waals surface area contributed by atoms with Gasteiger partial charge in [0.1, 0.15) is 28.3 Å². The van der Waals surface area contributed by atoms with Crippen molar-refractivity contribution >= 4 is 17.7 Å². The second-order valence-electron chi connectivity index (χ2n) is 11.4. The van der Waals surface area contributed by atoms with Crippen LogP contribution in [0.3, 0.4) is 0 Å². The summed E-state index contributed by atoms with van der Waals surface area (Å²) >= 11 is 0. The summed E-state index contributed by atoms with van der Waals surface area (Å²) in [6.45, 7) is 7.77. The molecule has 1 fully saturated rings. The molecule has 0 aromatic heterocycles. The van der Waals surface area contributed by atoms with Gasteiger partial charge in [0.05, 0.1) is 33.0 Å². The molecule has 1 aromatic carbocycles. The average Bonchev–Trinajstić information content (AvgIpc) is 3.20. The Morgan fingerprint density at radius 2 is 1.92 bits per heavy atom. The van der Waals surface area contributed by atoms with Crippen molar-refractivity contribution in [2.75, 3.05) is 20.8 Å². The Kier molecular flexibility index (Phi) is 8.61. The summed E-state index contributed by atoms with van der Waals surface area (Å²) in [7, 11) is 2.54. The number of phenolic OH excluding ortho intramolecular Hbond substituents is 1. The van der Waals surface area contributed by atoms with Gasteiger partial charge in [0.15, 0.2) is 0 Å². The lowest BCUT2D eigenvalue weighted by Gasteiger charge is -2.46. The number of carbonyl (C=O) groups excluding carboxylic acids is 3. The summed E-state index contributed by atoms with van der Waals surface area (Å²) in [6, 6.07) is 1.63. The van der Waals surface area contributed by atoms with Crippen LogP contribution in [0.5, 0.6) is 11.5 Å². The number of unbranched alkanes of at least 4 members (excludes halogenated alkanes) is 2. The van der Waals surface area contributed by atoms with Crippen LogP contribution >= 0.6 is 0 Å². The Balaban J connectivity index is 1.67. The SMILES string of the molecule is CCCCC[C@H]1Cc2cc(O)c(C(=O)OC)c3c2[C@@H](C[C@@]2(OC[C@H](CC(=O)[C@](C)(CC)C(=O)OC)[C@H]2C)O3)O1. The van der Waals surface area contributed by atoms with Crippen LogP contribution in [0.1, 0.15) is 100 Å². The number of hydrogen-bond acceptors (Lipinski definition) is 9. The van der Waals surface area contributed by atoms with Crippen LogP contribution in [0, 0.1) is 17.3 Å². The lowest BCUT2D eigenvalue weighted by atomic mass is 9.75. The summed E-state index contributed by atoms with van der Waals surface area (Å²) in [5.41, 5.74) is 0.372. The molecule has 0 radical (unpaired) electrons. The van der Waals surface area contributed by atoms with Crippen LogP contribution in [-0.2, 0) is 35.0 Å². The molecule has 1 saturated heterocycles. The van der Waals surface area contributed by atoms with Gasteiger partial charge in [0, 0.05) is 24.3 Å². The first-order valence-electron chi connectivity index (χ1n) is 14.1. The van der Waals surface area contributed by atoms with E-state index >= 15 is 0 Å². The molecule has 39 heavy (non-hydrogen) atoms. The number of Topliss-reactive ketones (excluding diaryl/α,β-unsaturated/α-hetero) is 1. The highest BCUT2D eigenvalue weighted by atomic mass is 16.7. The van der Waals surface area contributed by atoms with E-state index < -0.39 is 29.2 Å². The van der Waals surface area contributed by atoms with E-state index in [-0.39, 0.29) is 53.8 Å². The second kappa shape index (κ2) is 11.5. The number of hydrogen-bond donors (Lipinski definition) is 1. The highest BCUT2D eigenvalue weighted by Gasteiger charge is 2.57. The molecule has 6 atom stereocenters. The number of ketones is 1. The Morgan fingerprint density at radius 3 is 2.56 bits per heavy atom. The van der Waals surface area contributed by atoms with Crippen LogP contribution < -0.4 is 4.74 Å². The zero-order chi connectivity index (χ0) is 28.5. The largest absolute Gasteiger partial charge is 0.507 e. The van der Waals surface area contributed by atoms with Crippen LogP contribution in [0.4, 0.5) is 0 Å². The van der Waals surface area contributed by atoms with E-state index in [2.05, 4.69) is 6.92 Å². The van der Waals surface area contributed by atoms with Gasteiger partial charge in [0.25, 0.3) is 0 Å². The Bertz CT molecular complexity index is 1110. The van der Waals surface area contributed by atoms with Crippen molar-refractivity contribution in [2.45, 2.75) is 97.1 Å². The normalized spacial score (nSPS) is 28.8. The molecule has 216 valence electrons. The third-order valence-electron chi connectivity index (χ3n) is 9.12. The first-order valence-corrected chi connectivity index (χ1v) is 14.1. The maximum Gasteiger partial charge on any atom is 0.345 e. The molecule has 1 N–H and O–H groups in total. The lowest BCUT2D eigenvalue weighted by Crippen LogP contribution is -2.48. The molecule has 9 nitrogen and oxygen atoms in total. The van der Waals surface area contributed by atoms with E-state index in [0.717, 1.165) is 36.8 Å². The number of ether oxygens (including phenoxy) is 5. The number of rotatable bonds is 10. The van der Waals surface area contributed by atoms with E-state index in [0.29, 0.717) is 19.3 Å². The first-order chi connectivity index (χ1) is 18.5. The number of methoxy groups -OCH3 is 2. The van der Waals surface area contributed by atoms with Crippen LogP contribution in [-0.4, -0.2) is 55.5 Å². The predicted octanol–water partition coefficient (Wildman–Crippen LogP) is 5.05. The second-order valence-corrected chi connectivity index (χ2v) is 11.4. The summed E-state index contributed by atoms with van der Waals surface area (Å²) < 4.78 is 29.4. The van der Waals surface area contributed by atoms with Crippen LogP contribution in [0.15, 0.2) is 6.07 Å². The molecule has 0 saturated carbocycles. The summed E-state index contributed by atoms with van der Waals surface area (Å²) in [6.07, 6.45) is 5.17. The van der Waals surface area contributed by atoms with Gasteiger partial charge in [-0.3, -0.25) is 9.59 Å².